The summed E-state index contributed by atoms with van der Waals surface area (Å²) >= 11 is 1.94. The molecule has 3 heteroatoms. The molecule has 1 saturated carbocycles. The fourth-order valence-corrected chi connectivity index (χ4v) is 3.34. The van der Waals surface area contributed by atoms with Crippen LogP contribution >= 0.6 is 11.8 Å². The van der Waals surface area contributed by atoms with Gasteiger partial charge in [0.25, 0.3) is 0 Å². The Bertz CT molecular complexity index is 169. The van der Waals surface area contributed by atoms with Crippen LogP contribution in [0.25, 0.3) is 0 Å². The van der Waals surface area contributed by atoms with Gasteiger partial charge in [0.05, 0.1) is 6.10 Å². The minimum absolute atomic E-state index is 0.0322. The van der Waals surface area contributed by atoms with E-state index in [1.807, 2.05) is 11.8 Å². The molecule has 0 bridgehead atoms. The zero-order valence-electron chi connectivity index (χ0n) is 10.3. The molecule has 0 radical (unpaired) electrons. The molecule has 1 rings (SSSR count). The van der Waals surface area contributed by atoms with Crippen LogP contribution in [0.3, 0.4) is 0 Å². The lowest BCUT2D eigenvalue weighted by atomic mass is 9.91. The fraction of sp³-hybridized carbons (Fsp3) is 1.00. The highest BCUT2D eigenvalue weighted by Gasteiger charge is 2.25. The van der Waals surface area contributed by atoms with Crippen molar-refractivity contribution in [3.05, 3.63) is 0 Å². The number of thioether (sulfide) groups is 1. The van der Waals surface area contributed by atoms with Crippen LogP contribution in [0.2, 0.25) is 0 Å². The van der Waals surface area contributed by atoms with Crippen molar-refractivity contribution in [2.24, 2.45) is 0 Å². The van der Waals surface area contributed by atoms with Gasteiger partial charge in [0.2, 0.25) is 0 Å². The highest BCUT2D eigenvalue weighted by atomic mass is 32.2. The lowest BCUT2D eigenvalue weighted by molar-refractivity contribution is 0.0702. The van der Waals surface area contributed by atoms with Crippen molar-refractivity contribution in [3.8, 4) is 0 Å². The van der Waals surface area contributed by atoms with Crippen molar-refractivity contribution in [1.82, 2.24) is 4.90 Å². The Labute approximate surface area is 98.4 Å². The molecular weight excluding hydrogens is 206 g/mol. The van der Waals surface area contributed by atoms with Crippen LogP contribution in [0.4, 0.5) is 0 Å². The zero-order chi connectivity index (χ0) is 11.3. The molecule has 1 atom stereocenters. The van der Waals surface area contributed by atoms with Crippen molar-refractivity contribution >= 4 is 11.8 Å². The van der Waals surface area contributed by atoms with E-state index in [9.17, 15) is 5.11 Å². The second-order valence-corrected chi connectivity index (χ2v) is 5.56. The normalized spacial score (nSPS) is 29.4. The molecule has 1 aliphatic rings. The van der Waals surface area contributed by atoms with Crippen molar-refractivity contribution in [2.45, 2.75) is 57.2 Å². The van der Waals surface area contributed by atoms with E-state index in [-0.39, 0.29) is 6.10 Å². The van der Waals surface area contributed by atoms with Gasteiger partial charge in [-0.15, -0.1) is 0 Å². The minimum Gasteiger partial charge on any atom is -0.393 e. The lowest BCUT2D eigenvalue weighted by Gasteiger charge is -2.37. The summed E-state index contributed by atoms with van der Waals surface area (Å²) in [6.45, 7) is 2.27. The molecule has 0 aromatic heterocycles. The number of hydrogen-bond acceptors (Lipinski definition) is 3. The maximum Gasteiger partial charge on any atom is 0.0541 e. The maximum atomic E-state index is 9.49. The van der Waals surface area contributed by atoms with Crippen molar-refractivity contribution in [2.75, 3.05) is 19.1 Å². The van der Waals surface area contributed by atoms with Crippen LogP contribution in [-0.2, 0) is 0 Å². The number of hydrogen-bond donors (Lipinski definition) is 1. The average Bonchev–Trinajstić information content (AvgIpc) is 2.26. The first-order valence-corrected chi connectivity index (χ1v) is 7.47. The molecule has 0 aliphatic heterocycles. The fourth-order valence-electron chi connectivity index (χ4n) is 2.48. The van der Waals surface area contributed by atoms with Crippen molar-refractivity contribution in [1.29, 1.82) is 0 Å². The van der Waals surface area contributed by atoms with E-state index in [1.54, 1.807) is 0 Å². The smallest absolute Gasteiger partial charge is 0.0541 e. The molecule has 15 heavy (non-hydrogen) atoms. The van der Waals surface area contributed by atoms with E-state index in [1.165, 1.54) is 25.0 Å². The third-order valence-electron chi connectivity index (χ3n) is 3.65. The van der Waals surface area contributed by atoms with Crippen LogP contribution < -0.4 is 0 Å². The van der Waals surface area contributed by atoms with Crippen LogP contribution in [0.1, 0.15) is 39.0 Å². The first kappa shape index (κ1) is 13.3. The largest absolute Gasteiger partial charge is 0.393 e. The van der Waals surface area contributed by atoms with Gasteiger partial charge in [0.15, 0.2) is 0 Å². The molecule has 0 spiro atoms. The summed E-state index contributed by atoms with van der Waals surface area (Å²) < 4.78 is 0. The Morgan fingerprint density at radius 1 is 1.33 bits per heavy atom. The van der Waals surface area contributed by atoms with Gasteiger partial charge in [-0.05, 0) is 45.4 Å². The molecule has 0 heterocycles. The number of aliphatic hydroxyl groups excluding tert-OH is 1. The zero-order valence-corrected chi connectivity index (χ0v) is 11.1. The average molecular weight is 231 g/mol. The molecule has 2 nitrogen and oxygen atoms in total. The summed E-state index contributed by atoms with van der Waals surface area (Å²) in [6.07, 6.45) is 7.70. The third-order valence-corrected chi connectivity index (χ3v) is 4.37. The van der Waals surface area contributed by atoms with E-state index >= 15 is 0 Å². The van der Waals surface area contributed by atoms with Crippen LogP contribution in [-0.4, -0.2) is 47.3 Å². The first-order valence-electron chi connectivity index (χ1n) is 6.08. The van der Waals surface area contributed by atoms with E-state index in [0.717, 1.165) is 12.8 Å². The molecule has 0 saturated heterocycles. The van der Waals surface area contributed by atoms with Gasteiger partial charge in [-0.3, -0.25) is 4.90 Å². The van der Waals surface area contributed by atoms with E-state index in [2.05, 4.69) is 25.1 Å². The summed E-state index contributed by atoms with van der Waals surface area (Å²) in [5, 5.41) is 9.49. The van der Waals surface area contributed by atoms with Gasteiger partial charge in [0.1, 0.15) is 0 Å². The van der Waals surface area contributed by atoms with Crippen LogP contribution in [0, 0.1) is 0 Å². The van der Waals surface area contributed by atoms with Gasteiger partial charge in [-0.1, -0.05) is 6.92 Å². The summed E-state index contributed by atoms with van der Waals surface area (Å²) in [5.74, 6) is 1.23. The van der Waals surface area contributed by atoms with Crippen LogP contribution in [0.5, 0.6) is 0 Å². The summed E-state index contributed by atoms with van der Waals surface area (Å²) in [4.78, 5) is 2.54. The van der Waals surface area contributed by atoms with Gasteiger partial charge in [-0.25, -0.2) is 0 Å². The summed E-state index contributed by atoms with van der Waals surface area (Å²) in [5.41, 5.74) is 0. The second-order valence-electron chi connectivity index (χ2n) is 4.65. The Morgan fingerprint density at radius 2 is 1.93 bits per heavy atom. The number of rotatable bonds is 5. The Hall–Kier alpha value is 0.270. The van der Waals surface area contributed by atoms with E-state index in [0.29, 0.717) is 12.1 Å². The minimum atomic E-state index is -0.0322. The molecule has 1 unspecified atom stereocenters. The van der Waals surface area contributed by atoms with E-state index < -0.39 is 0 Å². The predicted molar refractivity (Wildman–Crippen MR) is 68.5 cm³/mol. The predicted octanol–water partition coefficient (Wildman–Crippen LogP) is 2.36. The first-order chi connectivity index (χ1) is 7.19. The molecule has 0 aromatic rings. The standard InChI is InChI=1S/C12H25NOS/c1-4-10(9-15-3)13(2)11-5-7-12(14)8-6-11/h10-12,14H,4-9H2,1-3H3. The highest BCUT2D eigenvalue weighted by Crippen LogP contribution is 2.24. The van der Waals surface area contributed by atoms with Gasteiger partial charge >= 0.3 is 0 Å². The Balaban J connectivity index is 2.40. The van der Waals surface area contributed by atoms with Gasteiger partial charge < -0.3 is 5.11 Å². The SMILES string of the molecule is CCC(CSC)N(C)C1CCC(O)CC1. The Morgan fingerprint density at radius 3 is 2.40 bits per heavy atom. The third kappa shape index (κ3) is 3.97. The number of aliphatic hydroxyl groups is 1. The molecule has 1 fully saturated rings. The van der Waals surface area contributed by atoms with Gasteiger partial charge in [-0.2, -0.15) is 11.8 Å². The van der Waals surface area contributed by atoms with Crippen molar-refractivity contribution < 1.29 is 5.11 Å². The van der Waals surface area contributed by atoms with Crippen LogP contribution in [0.15, 0.2) is 0 Å². The summed E-state index contributed by atoms with van der Waals surface area (Å²) in [7, 11) is 2.26. The maximum absolute atomic E-state index is 9.49. The molecule has 90 valence electrons. The number of nitrogens with zero attached hydrogens (tertiary/aromatic N) is 1. The Kier molecular flexibility index (Phi) is 6.02. The molecular formula is C12H25NOS. The topological polar surface area (TPSA) is 23.5 Å². The van der Waals surface area contributed by atoms with Gasteiger partial charge in [0, 0.05) is 17.8 Å². The molecule has 1 aliphatic carbocycles. The quantitative estimate of drug-likeness (QED) is 0.786. The molecule has 1 N–H and O–H groups in total. The molecule has 0 amide bonds. The second kappa shape index (κ2) is 6.77. The van der Waals surface area contributed by atoms with E-state index in [4.69, 9.17) is 0 Å². The highest BCUT2D eigenvalue weighted by molar-refractivity contribution is 7.98. The lowest BCUT2D eigenvalue weighted by Crippen LogP contribution is -2.43. The molecule has 0 aromatic carbocycles. The van der Waals surface area contributed by atoms with Crippen molar-refractivity contribution in [3.63, 3.8) is 0 Å². The summed E-state index contributed by atoms with van der Waals surface area (Å²) in [6, 6.07) is 1.41. The monoisotopic (exact) mass is 231 g/mol.